The first kappa shape index (κ1) is 9.01. The third-order valence-electron chi connectivity index (χ3n) is 1.02. The van der Waals surface area contributed by atoms with Crippen LogP contribution in [0.2, 0.25) is 0 Å². The molecule has 0 spiro atoms. The highest BCUT2D eigenvalue weighted by Gasteiger charge is 2.05. The minimum Gasteiger partial charge on any atom is -0.467 e. The summed E-state index contributed by atoms with van der Waals surface area (Å²) in [5.41, 5.74) is 0. The van der Waals surface area contributed by atoms with Crippen LogP contribution in [0.1, 0.15) is 0 Å². The summed E-state index contributed by atoms with van der Waals surface area (Å²) in [6, 6.07) is 0.219. The van der Waals surface area contributed by atoms with Crippen LogP contribution >= 0.6 is 12.0 Å². The van der Waals surface area contributed by atoms with Gasteiger partial charge in [-0.2, -0.15) is 9.97 Å². The van der Waals surface area contributed by atoms with Crippen LogP contribution in [0.15, 0.2) is 5.16 Å². The molecule has 0 saturated carbocycles. The fraction of sp³-hybridized carbons (Fsp3) is 0.400. The molecule has 0 radical (unpaired) electrons. The predicted octanol–water partition coefficient (Wildman–Crippen LogP) is 0.454. The number of hydrogen-bond acceptors (Lipinski definition) is 7. The van der Waals surface area contributed by atoms with Crippen molar-refractivity contribution in [3.63, 3.8) is 0 Å². The van der Waals surface area contributed by atoms with Gasteiger partial charge in [-0.1, -0.05) is 0 Å². The molecular formula is C5H7N3O3S. The van der Waals surface area contributed by atoms with Crippen LogP contribution < -0.4 is 9.47 Å². The summed E-state index contributed by atoms with van der Waals surface area (Å²) in [6.07, 6.45) is 0. The molecule has 0 fully saturated rings. The molecule has 0 aliphatic heterocycles. The summed E-state index contributed by atoms with van der Waals surface area (Å²) in [4.78, 5) is 11.1. The highest BCUT2D eigenvalue weighted by atomic mass is 32.2. The molecule has 66 valence electrons. The van der Waals surface area contributed by atoms with Crippen molar-refractivity contribution < 1.29 is 14.0 Å². The van der Waals surface area contributed by atoms with Crippen LogP contribution in [0.3, 0.4) is 0 Å². The molecule has 0 amide bonds. The van der Waals surface area contributed by atoms with Gasteiger partial charge in [0, 0.05) is 0 Å². The molecule has 1 aromatic heterocycles. The third kappa shape index (κ3) is 1.95. The standard InChI is InChI=1S/C5H7N3O3S/c1-10-3-6-4(11-2)8-5(7-3)12-9/h9H,1-2H3. The zero-order valence-electron chi connectivity index (χ0n) is 6.51. The molecule has 0 aromatic carbocycles. The second kappa shape index (κ2) is 4.07. The van der Waals surface area contributed by atoms with Crippen LogP contribution in [0.25, 0.3) is 0 Å². The van der Waals surface area contributed by atoms with Gasteiger partial charge in [-0.05, 0) is 0 Å². The quantitative estimate of drug-likeness (QED) is 0.692. The Morgan fingerprint density at radius 3 is 1.92 bits per heavy atom. The summed E-state index contributed by atoms with van der Waals surface area (Å²) in [7, 11) is 2.83. The van der Waals surface area contributed by atoms with Crippen molar-refractivity contribution in [1.82, 2.24) is 15.0 Å². The zero-order valence-corrected chi connectivity index (χ0v) is 7.33. The van der Waals surface area contributed by atoms with Crippen LogP contribution in [-0.2, 0) is 0 Å². The normalized spacial score (nSPS) is 9.58. The van der Waals surface area contributed by atoms with Gasteiger partial charge in [-0.25, -0.2) is 0 Å². The molecule has 12 heavy (non-hydrogen) atoms. The number of hydrogen-bond donors (Lipinski definition) is 1. The van der Waals surface area contributed by atoms with E-state index in [0.717, 1.165) is 0 Å². The molecule has 6 nitrogen and oxygen atoms in total. The van der Waals surface area contributed by atoms with Crippen LogP contribution in [0.4, 0.5) is 0 Å². The van der Waals surface area contributed by atoms with Crippen molar-refractivity contribution in [2.75, 3.05) is 14.2 Å². The number of nitrogens with zero attached hydrogens (tertiary/aromatic N) is 3. The van der Waals surface area contributed by atoms with E-state index in [0.29, 0.717) is 12.0 Å². The second-order valence-corrected chi connectivity index (χ2v) is 2.23. The van der Waals surface area contributed by atoms with Crippen molar-refractivity contribution in [3.8, 4) is 12.0 Å². The summed E-state index contributed by atoms with van der Waals surface area (Å²) in [5, 5.41) is 0.138. The largest absolute Gasteiger partial charge is 0.467 e. The lowest BCUT2D eigenvalue weighted by atomic mass is 11.0. The SMILES string of the molecule is COc1nc(OC)nc(SO)n1. The van der Waals surface area contributed by atoms with Crippen molar-refractivity contribution in [1.29, 1.82) is 0 Å². The molecule has 7 heteroatoms. The molecule has 1 heterocycles. The number of rotatable bonds is 3. The summed E-state index contributed by atoms with van der Waals surface area (Å²) in [6.45, 7) is 0. The fourth-order valence-electron chi connectivity index (χ4n) is 0.544. The first-order valence-corrected chi connectivity index (χ1v) is 3.73. The number of ether oxygens (including phenoxy) is 2. The van der Waals surface area contributed by atoms with Crippen LogP contribution in [0, 0.1) is 0 Å². The molecule has 0 saturated heterocycles. The maximum Gasteiger partial charge on any atom is 0.323 e. The van der Waals surface area contributed by atoms with E-state index in [1.807, 2.05) is 0 Å². The maximum atomic E-state index is 8.63. The Balaban J connectivity index is 3.01. The van der Waals surface area contributed by atoms with E-state index in [1.54, 1.807) is 0 Å². The van der Waals surface area contributed by atoms with Gasteiger partial charge in [0.2, 0.25) is 5.16 Å². The lowest BCUT2D eigenvalue weighted by Gasteiger charge is -2.01. The van der Waals surface area contributed by atoms with E-state index in [9.17, 15) is 0 Å². The number of methoxy groups -OCH3 is 2. The van der Waals surface area contributed by atoms with Gasteiger partial charge < -0.3 is 14.0 Å². The Morgan fingerprint density at radius 2 is 1.58 bits per heavy atom. The summed E-state index contributed by atoms with van der Waals surface area (Å²) in [5.74, 6) is 0. The van der Waals surface area contributed by atoms with Crippen molar-refractivity contribution in [3.05, 3.63) is 0 Å². The van der Waals surface area contributed by atoms with Crippen LogP contribution in [0.5, 0.6) is 12.0 Å². The molecule has 0 bridgehead atoms. The molecule has 0 aliphatic rings. The molecule has 1 N–H and O–H groups in total. The molecule has 0 unspecified atom stereocenters. The summed E-state index contributed by atoms with van der Waals surface area (Å²) < 4.78 is 18.1. The lowest BCUT2D eigenvalue weighted by Crippen LogP contribution is -1.99. The third-order valence-corrected chi connectivity index (χ3v) is 1.37. The van der Waals surface area contributed by atoms with Gasteiger partial charge >= 0.3 is 12.0 Å². The minimum absolute atomic E-state index is 0.110. The molecule has 1 rings (SSSR count). The number of aromatic nitrogens is 3. The van der Waals surface area contributed by atoms with Crippen LogP contribution in [-0.4, -0.2) is 33.7 Å². The molecule has 1 aromatic rings. The van der Waals surface area contributed by atoms with E-state index in [4.69, 9.17) is 14.0 Å². The minimum atomic E-state index is 0.110. The smallest absolute Gasteiger partial charge is 0.323 e. The average Bonchev–Trinajstić information content (AvgIpc) is 2.16. The van der Waals surface area contributed by atoms with Gasteiger partial charge in [0.1, 0.15) is 0 Å². The van der Waals surface area contributed by atoms with E-state index < -0.39 is 0 Å². The van der Waals surface area contributed by atoms with Gasteiger partial charge in [0.25, 0.3) is 0 Å². The van der Waals surface area contributed by atoms with E-state index in [2.05, 4.69) is 15.0 Å². The van der Waals surface area contributed by atoms with Crippen molar-refractivity contribution in [2.24, 2.45) is 0 Å². The zero-order chi connectivity index (χ0) is 8.97. The van der Waals surface area contributed by atoms with Gasteiger partial charge in [0.15, 0.2) is 0 Å². The Kier molecular flexibility index (Phi) is 3.06. The average molecular weight is 189 g/mol. The van der Waals surface area contributed by atoms with Gasteiger partial charge in [-0.3, -0.25) is 0 Å². The van der Waals surface area contributed by atoms with Crippen molar-refractivity contribution >= 4 is 12.0 Å². The Labute approximate surface area is 73.2 Å². The van der Waals surface area contributed by atoms with Gasteiger partial charge in [0.05, 0.1) is 26.3 Å². The Hall–Kier alpha value is -1.08. The Morgan fingerprint density at radius 1 is 1.08 bits per heavy atom. The molecule has 0 atom stereocenters. The van der Waals surface area contributed by atoms with E-state index in [1.165, 1.54) is 14.2 Å². The molecular weight excluding hydrogens is 182 g/mol. The highest BCUT2D eigenvalue weighted by Crippen LogP contribution is 2.14. The van der Waals surface area contributed by atoms with Crippen molar-refractivity contribution in [2.45, 2.75) is 5.16 Å². The van der Waals surface area contributed by atoms with Gasteiger partial charge in [-0.15, -0.1) is 4.98 Å². The summed E-state index contributed by atoms with van der Waals surface area (Å²) >= 11 is 0.406. The second-order valence-electron chi connectivity index (χ2n) is 1.68. The fourth-order valence-corrected chi connectivity index (χ4v) is 0.782. The molecule has 0 aliphatic carbocycles. The Bertz CT molecular complexity index is 215. The monoisotopic (exact) mass is 189 g/mol. The van der Waals surface area contributed by atoms with E-state index in [-0.39, 0.29) is 17.2 Å². The first-order chi connectivity index (χ1) is 5.80. The van der Waals surface area contributed by atoms with E-state index >= 15 is 0 Å². The lowest BCUT2D eigenvalue weighted by molar-refractivity contribution is 0.331. The maximum absolute atomic E-state index is 8.63. The highest BCUT2D eigenvalue weighted by molar-refractivity contribution is 7.93. The first-order valence-electron chi connectivity index (χ1n) is 2.95. The topological polar surface area (TPSA) is 77.4 Å². The predicted molar refractivity (Wildman–Crippen MR) is 41.4 cm³/mol.